The van der Waals surface area contributed by atoms with E-state index in [1.54, 1.807) is 18.2 Å². The molecule has 1 aliphatic heterocycles. The molecular formula is C19H16ClFN2O4. The van der Waals surface area contributed by atoms with Crippen LogP contribution in [0.3, 0.4) is 0 Å². The van der Waals surface area contributed by atoms with Crippen molar-refractivity contribution in [2.75, 3.05) is 14.2 Å². The molecule has 1 N–H and O–H groups in total. The Hall–Kier alpha value is -3.06. The highest BCUT2D eigenvalue weighted by Crippen LogP contribution is 2.36. The lowest BCUT2D eigenvalue weighted by atomic mass is 10.1. The highest BCUT2D eigenvalue weighted by molar-refractivity contribution is 6.32. The van der Waals surface area contributed by atoms with Crippen LogP contribution >= 0.6 is 11.6 Å². The van der Waals surface area contributed by atoms with Gasteiger partial charge in [0.25, 0.3) is 5.91 Å². The van der Waals surface area contributed by atoms with E-state index in [0.717, 1.165) is 4.90 Å². The molecule has 8 heteroatoms. The van der Waals surface area contributed by atoms with Crippen LogP contribution in [-0.2, 0) is 11.3 Å². The second kappa shape index (κ2) is 7.67. The third kappa shape index (κ3) is 3.73. The van der Waals surface area contributed by atoms with Crippen LogP contribution in [-0.4, -0.2) is 31.1 Å². The molecule has 6 nitrogen and oxygen atoms in total. The van der Waals surface area contributed by atoms with E-state index in [2.05, 4.69) is 5.32 Å². The Morgan fingerprint density at radius 1 is 1.19 bits per heavy atom. The van der Waals surface area contributed by atoms with Gasteiger partial charge in [0.2, 0.25) is 0 Å². The number of benzene rings is 2. The van der Waals surface area contributed by atoms with Gasteiger partial charge in [-0.1, -0.05) is 29.8 Å². The molecule has 1 saturated heterocycles. The van der Waals surface area contributed by atoms with E-state index in [-0.39, 0.29) is 17.8 Å². The summed E-state index contributed by atoms with van der Waals surface area (Å²) >= 11 is 6.16. The minimum atomic E-state index is -0.624. The Kier molecular flexibility index (Phi) is 5.32. The normalized spacial score (nSPS) is 15.3. The van der Waals surface area contributed by atoms with Gasteiger partial charge in [-0.3, -0.25) is 9.69 Å². The van der Waals surface area contributed by atoms with E-state index in [0.29, 0.717) is 22.1 Å². The molecule has 3 rings (SSSR count). The summed E-state index contributed by atoms with van der Waals surface area (Å²) in [5.41, 5.74) is 0.838. The Morgan fingerprint density at radius 3 is 2.59 bits per heavy atom. The summed E-state index contributed by atoms with van der Waals surface area (Å²) in [5, 5.41) is 2.78. The van der Waals surface area contributed by atoms with Gasteiger partial charge in [0.05, 0.1) is 25.8 Å². The molecule has 0 radical (unpaired) electrons. The van der Waals surface area contributed by atoms with Gasteiger partial charge in [0, 0.05) is 5.56 Å². The van der Waals surface area contributed by atoms with Gasteiger partial charge in [0.1, 0.15) is 11.5 Å². The molecule has 0 aromatic heterocycles. The van der Waals surface area contributed by atoms with Crippen LogP contribution in [0.4, 0.5) is 9.18 Å². The van der Waals surface area contributed by atoms with Crippen molar-refractivity contribution in [3.63, 3.8) is 0 Å². The number of amides is 3. The molecule has 0 atom stereocenters. The molecule has 0 spiro atoms. The number of methoxy groups -OCH3 is 2. The fourth-order valence-corrected chi connectivity index (χ4v) is 3.00. The SMILES string of the molecule is COc1cc(/C=C2/NC(=O)N(Cc3ccccc3F)C2=O)cc(Cl)c1OC. The Morgan fingerprint density at radius 2 is 1.93 bits per heavy atom. The molecular weight excluding hydrogens is 375 g/mol. The maximum Gasteiger partial charge on any atom is 0.329 e. The van der Waals surface area contributed by atoms with Gasteiger partial charge < -0.3 is 14.8 Å². The summed E-state index contributed by atoms with van der Waals surface area (Å²) in [6.07, 6.45) is 1.47. The Balaban J connectivity index is 1.88. The summed E-state index contributed by atoms with van der Waals surface area (Å²) < 4.78 is 24.2. The summed E-state index contributed by atoms with van der Waals surface area (Å²) in [6.45, 7) is -0.165. The molecule has 0 aliphatic carbocycles. The lowest BCUT2D eigenvalue weighted by Gasteiger charge is -2.12. The topological polar surface area (TPSA) is 67.9 Å². The van der Waals surface area contributed by atoms with E-state index in [9.17, 15) is 14.0 Å². The van der Waals surface area contributed by atoms with Crippen LogP contribution in [0.2, 0.25) is 5.02 Å². The number of rotatable bonds is 5. The average Bonchev–Trinajstić information content (AvgIpc) is 2.90. The summed E-state index contributed by atoms with van der Waals surface area (Å²) in [6, 6.07) is 8.55. The number of imide groups is 1. The van der Waals surface area contributed by atoms with Gasteiger partial charge in [-0.25, -0.2) is 9.18 Å². The predicted octanol–water partition coefficient (Wildman–Crippen LogP) is 3.59. The standard InChI is InChI=1S/C19H16ClFN2O4/c1-26-16-9-11(7-13(20)17(16)27-2)8-15-18(24)23(19(25)22-15)10-12-5-3-4-6-14(12)21/h3-9H,10H2,1-2H3,(H,22,25)/b15-8+. The minimum absolute atomic E-state index is 0.0552. The largest absolute Gasteiger partial charge is 0.493 e. The van der Waals surface area contributed by atoms with Crippen molar-refractivity contribution in [2.45, 2.75) is 6.54 Å². The molecule has 2 aromatic rings. The van der Waals surface area contributed by atoms with Gasteiger partial charge in [-0.05, 0) is 29.8 Å². The van der Waals surface area contributed by atoms with Crippen LogP contribution in [0.25, 0.3) is 6.08 Å². The fraction of sp³-hybridized carbons (Fsp3) is 0.158. The smallest absolute Gasteiger partial charge is 0.329 e. The lowest BCUT2D eigenvalue weighted by molar-refractivity contribution is -0.123. The maximum atomic E-state index is 13.8. The first kappa shape index (κ1) is 18.7. The number of nitrogens with zero attached hydrogens (tertiary/aromatic N) is 1. The number of carbonyl (C=O) groups is 2. The predicted molar refractivity (Wildman–Crippen MR) is 98.0 cm³/mol. The first-order chi connectivity index (χ1) is 12.9. The molecule has 27 heavy (non-hydrogen) atoms. The summed E-state index contributed by atoms with van der Waals surface area (Å²) in [4.78, 5) is 25.6. The minimum Gasteiger partial charge on any atom is -0.493 e. The number of urea groups is 1. The zero-order valence-corrected chi connectivity index (χ0v) is 15.3. The fourth-order valence-electron chi connectivity index (χ4n) is 2.70. The van der Waals surface area contributed by atoms with E-state index >= 15 is 0 Å². The molecule has 2 aromatic carbocycles. The van der Waals surface area contributed by atoms with Gasteiger partial charge >= 0.3 is 6.03 Å². The zero-order valence-electron chi connectivity index (χ0n) is 14.6. The van der Waals surface area contributed by atoms with E-state index in [1.807, 2.05) is 0 Å². The average molecular weight is 391 g/mol. The molecule has 0 bridgehead atoms. The molecule has 140 valence electrons. The van der Waals surface area contributed by atoms with Crippen molar-refractivity contribution >= 4 is 29.6 Å². The number of carbonyl (C=O) groups excluding carboxylic acids is 2. The van der Waals surface area contributed by atoms with Crippen molar-refractivity contribution < 1.29 is 23.5 Å². The van der Waals surface area contributed by atoms with Gasteiger partial charge in [0.15, 0.2) is 11.5 Å². The number of nitrogens with one attached hydrogen (secondary N) is 1. The number of hydrogen-bond donors (Lipinski definition) is 1. The molecule has 1 fully saturated rings. The van der Waals surface area contributed by atoms with Crippen LogP contribution in [0.5, 0.6) is 11.5 Å². The number of ether oxygens (including phenoxy) is 2. The lowest BCUT2D eigenvalue weighted by Crippen LogP contribution is -2.30. The van der Waals surface area contributed by atoms with Crippen LogP contribution in [0, 0.1) is 5.82 Å². The molecule has 0 unspecified atom stereocenters. The van der Waals surface area contributed by atoms with Crippen LogP contribution in [0.15, 0.2) is 42.1 Å². The van der Waals surface area contributed by atoms with Gasteiger partial charge in [-0.2, -0.15) is 0 Å². The van der Waals surface area contributed by atoms with Crippen molar-refractivity contribution in [1.82, 2.24) is 10.2 Å². The van der Waals surface area contributed by atoms with Crippen LogP contribution in [0.1, 0.15) is 11.1 Å². The van der Waals surface area contributed by atoms with Crippen molar-refractivity contribution in [2.24, 2.45) is 0 Å². The summed E-state index contributed by atoms with van der Waals surface area (Å²) in [7, 11) is 2.92. The number of hydrogen-bond acceptors (Lipinski definition) is 4. The van der Waals surface area contributed by atoms with Gasteiger partial charge in [-0.15, -0.1) is 0 Å². The van der Waals surface area contributed by atoms with Crippen molar-refractivity contribution in [3.8, 4) is 11.5 Å². The second-order valence-electron chi connectivity index (χ2n) is 5.71. The molecule has 0 saturated carbocycles. The first-order valence-corrected chi connectivity index (χ1v) is 8.32. The van der Waals surface area contributed by atoms with Crippen LogP contribution < -0.4 is 14.8 Å². The Bertz CT molecular complexity index is 945. The molecule has 1 heterocycles. The summed E-state index contributed by atoms with van der Waals surface area (Å²) in [5.74, 6) is -0.294. The third-order valence-electron chi connectivity index (χ3n) is 4.02. The highest BCUT2D eigenvalue weighted by Gasteiger charge is 2.34. The van der Waals surface area contributed by atoms with E-state index in [1.165, 1.54) is 38.5 Å². The van der Waals surface area contributed by atoms with E-state index < -0.39 is 17.8 Å². The monoisotopic (exact) mass is 390 g/mol. The van der Waals surface area contributed by atoms with E-state index in [4.69, 9.17) is 21.1 Å². The molecule has 3 amide bonds. The maximum absolute atomic E-state index is 13.8. The highest BCUT2D eigenvalue weighted by atomic mass is 35.5. The quantitative estimate of drug-likeness (QED) is 0.625. The third-order valence-corrected chi connectivity index (χ3v) is 4.30. The second-order valence-corrected chi connectivity index (χ2v) is 6.12. The number of halogens is 2. The zero-order chi connectivity index (χ0) is 19.6. The molecule has 1 aliphatic rings. The Labute approximate surface area is 160 Å². The van der Waals surface area contributed by atoms with Crippen molar-refractivity contribution in [1.29, 1.82) is 0 Å². The first-order valence-electron chi connectivity index (χ1n) is 7.94. The van der Waals surface area contributed by atoms with Crippen molar-refractivity contribution in [3.05, 3.63) is 64.1 Å².